The second kappa shape index (κ2) is 11.4. The number of carbonyl (C=O) groups excluding carboxylic acids is 1. The molecule has 0 saturated carbocycles. The minimum atomic E-state index is -0.0671. The van der Waals surface area contributed by atoms with Crippen molar-refractivity contribution in [3.63, 3.8) is 0 Å². The number of amides is 1. The van der Waals surface area contributed by atoms with Crippen LogP contribution in [0.1, 0.15) is 11.4 Å². The predicted molar refractivity (Wildman–Crippen MR) is 146 cm³/mol. The molecule has 1 aliphatic heterocycles. The third-order valence-corrected chi connectivity index (χ3v) is 7.21. The summed E-state index contributed by atoms with van der Waals surface area (Å²) in [4.78, 5) is 17.5. The van der Waals surface area contributed by atoms with Crippen LogP contribution in [0.5, 0.6) is 0 Å². The first-order valence-electron chi connectivity index (χ1n) is 12.2. The van der Waals surface area contributed by atoms with E-state index in [0.29, 0.717) is 5.16 Å². The Bertz CT molecular complexity index is 1270. The first-order valence-corrected chi connectivity index (χ1v) is 13.2. The summed E-state index contributed by atoms with van der Waals surface area (Å²) < 4.78 is 1.96. The third-order valence-electron chi connectivity index (χ3n) is 6.28. The first-order chi connectivity index (χ1) is 17.7. The zero-order chi connectivity index (χ0) is 24.7. The molecule has 7 nitrogen and oxygen atoms in total. The molecule has 36 heavy (non-hydrogen) atoms. The number of carbonyl (C=O) groups is 1. The number of piperazine rings is 1. The monoisotopic (exact) mass is 498 g/mol. The summed E-state index contributed by atoms with van der Waals surface area (Å²) in [6, 6.07) is 28.7. The number of para-hydroxylation sites is 1. The van der Waals surface area contributed by atoms with Crippen molar-refractivity contribution in [2.75, 3.05) is 42.1 Å². The summed E-state index contributed by atoms with van der Waals surface area (Å²) in [5.74, 6) is 0.985. The Hall–Kier alpha value is -3.62. The molecule has 8 heteroatoms. The summed E-state index contributed by atoms with van der Waals surface area (Å²) in [6.07, 6.45) is 0. The SMILES string of the molecule is Cc1nnc(SCC(=O)Nc2ccc(N3CCN(Cc4ccccc4)CC3)cc2)n1-c1ccccc1. The minimum absolute atomic E-state index is 0.0671. The van der Waals surface area contributed by atoms with Crippen LogP contribution in [0.4, 0.5) is 11.4 Å². The number of rotatable bonds is 8. The lowest BCUT2D eigenvalue weighted by Crippen LogP contribution is -2.45. The highest BCUT2D eigenvalue weighted by atomic mass is 32.2. The van der Waals surface area contributed by atoms with Gasteiger partial charge in [0.05, 0.1) is 5.75 Å². The van der Waals surface area contributed by atoms with Crippen molar-refractivity contribution in [1.82, 2.24) is 19.7 Å². The summed E-state index contributed by atoms with van der Waals surface area (Å²) in [6.45, 7) is 6.98. The average molecular weight is 499 g/mol. The van der Waals surface area contributed by atoms with Gasteiger partial charge in [0.15, 0.2) is 5.16 Å². The number of aryl methyl sites for hydroxylation is 1. The molecule has 1 N–H and O–H groups in total. The third kappa shape index (κ3) is 5.95. The molecule has 1 saturated heterocycles. The molecule has 0 bridgehead atoms. The largest absolute Gasteiger partial charge is 0.369 e. The van der Waals surface area contributed by atoms with Gasteiger partial charge in [-0.05, 0) is 48.9 Å². The predicted octanol–water partition coefficient (Wildman–Crippen LogP) is 4.63. The van der Waals surface area contributed by atoms with Crippen LogP contribution in [0.2, 0.25) is 0 Å². The van der Waals surface area contributed by atoms with E-state index in [0.717, 1.165) is 49.9 Å². The van der Waals surface area contributed by atoms with Gasteiger partial charge >= 0.3 is 0 Å². The van der Waals surface area contributed by atoms with Gasteiger partial charge in [-0.2, -0.15) is 0 Å². The molecule has 1 aromatic heterocycles. The van der Waals surface area contributed by atoms with Gasteiger partial charge in [0.1, 0.15) is 5.82 Å². The second-order valence-electron chi connectivity index (χ2n) is 8.83. The quantitative estimate of drug-likeness (QED) is 0.358. The molecule has 4 aromatic rings. The number of thioether (sulfide) groups is 1. The first kappa shape index (κ1) is 24.1. The molecule has 0 radical (unpaired) electrons. The number of nitrogens with one attached hydrogen (secondary N) is 1. The van der Waals surface area contributed by atoms with Crippen molar-refractivity contribution >= 4 is 29.0 Å². The van der Waals surface area contributed by atoms with Crippen LogP contribution in [0.15, 0.2) is 90.1 Å². The van der Waals surface area contributed by atoms with E-state index in [1.807, 2.05) is 54.0 Å². The molecule has 3 aromatic carbocycles. The molecule has 0 spiro atoms. The lowest BCUT2D eigenvalue weighted by atomic mass is 10.2. The Balaban J connectivity index is 1.11. The summed E-state index contributed by atoms with van der Waals surface area (Å²) in [7, 11) is 0. The van der Waals surface area contributed by atoms with Gasteiger partial charge in [0, 0.05) is 49.8 Å². The van der Waals surface area contributed by atoms with E-state index in [-0.39, 0.29) is 11.7 Å². The maximum absolute atomic E-state index is 12.6. The Morgan fingerprint density at radius 3 is 2.19 bits per heavy atom. The number of hydrogen-bond donors (Lipinski definition) is 1. The molecular weight excluding hydrogens is 468 g/mol. The number of benzene rings is 3. The van der Waals surface area contributed by atoms with Crippen LogP contribution in [0, 0.1) is 6.92 Å². The zero-order valence-electron chi connectivity index (χ0n) is 20.4. The van der Waals surface area contributed by atoms with E-state index in [1.165, 1.54) is 23.0 Å². The summed E-state index contributed by atoms with van der Waals surface area (Å²) in [5.41, 5.74) is 4.33. The molecule has 0 unspecified atom stereocenters. The highest BCUT2D eigenvalue weighted by molar-refractivity contribution is 7.99. The topological polar surface area (TPSA) is 66.3 Å². The van der Waals surface area contributed by atoms with Gasteiger partial charge in [-0.25, -0.2) is 0 Å². The Kier molecular flexibility index (Phi) is 7.64. The van der Waals surface area contributed by atoms with Gasteiger partial charge in [-0.15, -0.1) is 10.2 Å². The van der Waals surface area contributed by atoms with Crippen molar-refractivity contribution in [3.05, 3.63) is 96.3 Å². The molecule has 0 aliphatic carbocycles. The lowest BCUT2D eigenvalue weighted by Gasteiger charge is -2.36. The Morgan fingerprint density at radius 1 is 0.833 bits per heavy atom. The van der Waals surface area contributed by atoms with E-state index in [2.05, 4.69) is 67.8 Å². The second-order valence-corrected chi connectivity index (χ2v) is 9.78. The highest BCUT2D eigenvalue weighted by Gasteiger charge is 2.18. The van der Waals surface area contributed by atoms with Crippen LogP contribution in [-0.2, 0) is 11.3 Å². The zero-order valence-corrected chi connectivity index (χ0v) is 21.2. The Labute approximate surface area is 216 Å². The molecule has 1 aliphatic rings. The molecule has 5 rings (SSSR count). The molecule has 2 heterocycles. The van der Waals surface area contributed by atoms with Crippen molar-refractivity contribution in [2.45, 2.75) is 18.6 Å². The van der Waals surface area contributed by atoms with Crippen molar-refractivity contribution in [3.8, 4) is 5.69 Å². The van der Waals surface area contributed by atoms with Crippen LogP contribution in [-0.4, -0.2) is 57.5 Å². The van der Waals surface area contributed by atoms with E-state index in [9.17, 15) is 4.79 Å². The molecule has 184 valence electrons. The van der Waals surface area contributed by atoms with E-state index in [1.54, 1.807) is 0 Å². The van der Waals surface area contributed by atoms with E-state index in [4.69, 9.17) is 0 Å². The van der Waals surface area contributed by atoms with Gasteiger partial charge < -0.3 is 10.2 Å². The van der Waals surface area contributed by atoms with Gasteiger partial charge in [-0.1, -0.05) is 60.3 Å². The number of aromatic nitrogens is 3. The normalized spacial score (nSPS) is 14.1. The van der Waals surface area contributed by atoms with Crippen LogP contribution in [0.3, 0.4) is 0 Å². The van der Waals surface area contributed by atoms with Gasteiger partial charge in [0.2, 0.25) is 5.91 Å². The lowest BCUT2D eigenvalue weighted by molar-refractivity contribution is -0.113. The molecular formula is C28H30N6OS. The maximum atomic E-state index is 12.6. The average Bonchev–Trinajstić information content (AvgIpc) is 3.29. The van der Waals surface area contributed by atoms with Crippen LogP contribution >= 0.6 is 11.8 Å². The number of nitrogens with zero attached hydrogens (tertiary/aromatic N) is 5. The van der Waals surface area contributed by atoms with Gasteiger partial charge in [0.25, 0.3) is 0 Å². The fourth-order valence-electron chi connectivity index (χ4n) is 4.40. The van der Waals surface area contributed by atoms with Crippen LogP contribution < -0.4 is 10.2 Å². The minimum Gasteiger partial charge on any atom is -0.369 e. The summed E-state index contributed by atoms with van der Waals surface area (Å²) in [5, 5.41) is 12.1. The fourth-order valence-corrected chi connectivity index (χ4v) is 5.20. The standard InChI is InChI=1S/C28H30N6OS/c1-22-30-31-28(34(22)26-10-6-3-7-11-26)36-21-27(35)29-24-12-14-25(15-13-24)33-18-16-32(17-19-33)20-23-8-4-2-5-9-23/h2-15H,16-21H2,1H3,(H,29,35). The summed E-state index contributed by atoms with van der Waals surface area (Å²) >= 11 is 1.38. The van der Waals surface area contributed by atoms with Crippen molar-refractivity contribution in [2.24, 2.45) is 0 Å². The number of hydrogen-bond acceptors (Lipinski definition) is 6. The Morgan fingerprint density at radius 2 is 1.50 bits per heavy atom. The molecule has 0 atom stereocenters. The maximum Gasteiger partial charge on any atom is 0.234 e. The smallest absolute Gasteiger partial charge is 0.234 e. The van der Waals surface area contributed by atoms with E-state index >= 15 is 0 Å². The van der Waals surface area contributed by atoms with Crippen LogP contribution in [0.25, 0.3) is 5.69 Å². The van der Waals surface area contributed by atoms with E-state index < -0.39 is 0 Å². The highest BCUT2D eigenvalue weighted by Crippen LogP contribution is 2.23. The molecule has 1 amide bonds. The fraction of sp³-hybridized carbons (Fsp3) is 0.250. The van der Waals surface area contributed by atoms with Crippen molar-refractivity contribution in [1.29, 1.82) is 0 Å². The number of anilines is 2. The van der Waals surface area contributed by atoms with Gasteiger partial charge in [-0.3, -0.25) is 14.3 Å². The molecule has 1 fully saturated rings. The van der Waals surface area contributed by atoms with Crippen molar-refractivity contribution < 1.29 is 4.79 Å².